The fraction of sp³-hybridized carbons (Fsp3) is 0.727. The maximum Gasteiger partial charge on any atom is 0.335 e. The Bertz CT molecular complexity index is 701. The van der Waals surface area contributed by atoms with E-state index < -0.39 is 11.5 Å². The molecule has 1 saturated carbocycles. The molecule has 27 heavy (non-hydrogen) atoms. The van der Waals surface area contributed by atoms with E-state index in [4.69, 9.17) is 9.47 Å². The van der Waals surface area contributed by atoms with Gasteiger partial charge in [0, 0.05) is 29.7 Å². The summed E-state index contributed by atoms with van der Waals surface area (Å²) in [7, 11) is 0. The van der Waals surface area contributed by atoms with Crippen LogP contribution in [0.15, 0.2) is 22.8 Å². The molecule has 1 heterocycles. The van der Waals surface area contributed by atoms with Gasteiger partial charge >= 0.3 is 11.9 Å². The van der Waals surface area contributed by atoms with Crippen molar-refractivity contribution in [3.8, 4) is 0 Å². The molecule has 1 aliphatic heterocycles. The van der Waals surface area contributed by atoms with Crippen molar-refractivity contribution in [2.75, 3.05) is 6.61 Å². The van der Waals surface area contributed by atoms with Crippen LogP contribution < -0.4 is 0 Å². The van der Waals surface area contributed by atoms with E-state index in [1.165, 1.54) is 12.5 Å². The van der Waals surface area contributed by atoms with Crippen molar-refractivity contribution < 1.29 is 24.2 Å². The lowest BCUT2D eigenvalue weighted by atomic mass is 9.47. The molecule has 150 valence electrons. The summed E-state index contributed by atoms with van der Waals surface area (Å²) in [6.07, 6.45) is 4.87. The second-order valence-corrected chi connectivity index (χ2v) is 9.10. The van der Waals surface area contributed by atoms with Crippen LogP contribution in [0.3, 0.4) is 0 Å². The minimum absolute atomic E-state index is 0.0491. The molecule has 0 aromatic heterocycles. The largest absolute Gasteiger partial charge is 0.462 e. The van der Waals surface area contributed by atoms with Crippen LogP contribution in [0.1, 0.15) is 66.7 Å². The second-order valence-electron chi connectivity index (χ2n) is 9.10. The van der Waals surface area contributed by atoms with Gasteiger partial charge < -0.3 is 14.6 Å². The summed E-state index contributed by atoms with van der Waals surface area (Å²) in [5, 5.41) is 11.1. The third-order valence-electron chi connectivity index (χ3n) is 7.14. The lowest BCUT2D eigenvalue weighted by molar-refractivity contribution is -0.190. The summed E-state index contributed by atoms with van der Waals surface area (Å²) in [5.41, 5.74) is 2.01. The molecule has 5 nitrogen and oxygen atoms in total. The Kier molecular flexibility index (Phi) is 5.28. The van der Waals surface area contributed by atoms with Crippen LogP contribution in [0.4, 0.5) is 0 Å². The predicted molar refractivity (Wildman–Crippen MR) is 102 cm³/mol. The highest BCUT2D eigenvalue weighted by molar-refractivity contribution is 5.93. The number of esters is 2. The lowest BCUT2D eigenvalue weighted by Gasteiger charge is -2.59. The zero-order valence-electron chi connectivity index (χ0n) is 17.1. The topological polar surface area (TPSA) is 72.8 Å². The highest BCUT2D eigenvalue weighted by Gasteiger charge is 2.63. The molecule has 0 aromatic carbocycles. The molecule has 1 unspecified atom stereocenters. The highest BCUT2D eigenvalue weighted by Crippen LogP contribution is 2.62. The first-order chi connectivity index (χ1) is 12.6. The van der Waals surface area contributed by atoms with Gasteiger partial charge in [-0.05, 0) is 51.0 Å². The predicted octanol–water partition coefficient (Wildman–Crippen LogP) is 3.71. The maximum absolute atomic E-state index is 12.5. The van der Waals surface area contributed by atoms with Gasteiger partial charge in [0.15, 0.2) is 0 Å². The first kappa shape index (κ1) is 20.1. The summed E-state index contributed by atoms with van der Waals surface area (Å²) < 4.78 is 11.0. The second kappa shape index (κ2) is 7.08. The van der Waals surface area contributed by atoms with E-state index in [1.807, 2.05) is 6.92 Å². The molecule has 3 aliphatic rings. The number of aliphatic hydroxyl groups excluding tert-OH is 1. The molecule has 2 aliphatic carbocycles. The van der Waals surface area contributed by atoms with Crippen molar-refractivity contribution in [3.63, 3.8) is 0 Å². The number of rotatable bonds is 4. The normalized spacial score (nSPS) is 38.0. The van der Waals surface area contributed by atoms with Gasteiger partial charge in [0.1, 0.15) is 12.7 Å². The Morgan fingerprint density at radius 2 is 2.04 bits per heavy atom. The van der Waals surface area contributed by atoms with E-state index in [0.29, 0.717) is 18.6 Å². The number of fused-ring (bicyclic) bond motifs is 2. The van der Waals surface area contributed by atoms with E-state index in [1.54, 1.807) is 0 Å². The third-order valence-corrected chi connectivity index (χ3v) is 7.14. The van der Waals surface area contributed by atoms with Crippen LogP contribution in [-0.4, -0.2) is 35.9 Å². The fourth-order valence-electron chi connectivity index (χ4n) is 5.78. The molecule has 0 amide bonds. The smallest absolute Gasteiger partial charge is 0.335 e. The Balaban J connectivity index is 2.03. The number of ether oxygens (including phenoxy) is 2. The van der Waals surface area contributed by atoms with E-state index in [9.17, 15) is 14.7 Å². The minimum atomic E-state index is -0.737. The van der Waals surface area contributed by atoms with Crippen molar-refractivity contribution in [1.29, 1.82) is 0 Å². The molecule has 0 bridgehead atoms. The molecular formula is C22H32O5. The van der Waals surface area contributed by atoms with Gasteiger partial charge in [0.2, 0.25) is 0 Å². The van der Waals surface area contributed by atoms with Crippen molar-refractivity contribution in [1.82, 2.24) is 0 Å². The summed E-state index contributed by atoms with van der Waals surface area (Å²) >= 11 is 0. The van der Waals surface area contributed by atoms with Crippen molar-refractivity contribution in [3.05, 3.63) is 22.8 Å². The van der Waals surface area contributed by atoms with Gasteiger partial charge in [0.05, 0.1) is 6.10 Å². The summed E-state index contributed by atoms with van der Waals surface area (Å²) in [5.74, 6) is -0.554. The van der Waals surface area contributed by atoms with Crippen LogP contribution in [0.5, 0.6) is 0 Å². The Hall–Kier alpha value is -1.62. The fourth-order valence-corrected chi connectivity index (χ4v) is 5.78. The summed E-state index contributed by atoms with van der Waals surface area (Å²) in [6, 6.07) is 0. The van der Waals surface area contributed by atoms with Crippen LogP contribution >= 0.6 is 0 Å². The van der Waals surface area contributed by atoms with Crippen LogP contribution in [0.25, 0.3) is 0 Å². The third kappa shape index (κ3) is 3.24. The average Bonchev–Trinajstić information content (AvgIpc) is 2.94. The monoisotopic (exact) mass is 376 g/mol. The summed E-state index contributed by atoms with van der Waals surface area (Å²) in [4.78, 5) is 24.3. The molecule has 3 rings (SSSR count). The molecule has 0 spiro atoms. The first-order valence-electron chi connectivity index (χ1n) is 9.99. The Morgan fingerprint density at radius 1 is 1.33 bits per heavy atom. The van der Waals surface area contributed by atoms with Crippen molar-refractivity contribution >= 4 is 11.9 Å². The Labute approximate surface area is 161 Å². The minimum Gasteiger partial charge on any atom is -0.462 e. The van der Waals surface area contributed by atoms with E-state index in [-0.39, 0.29) is 29.4 Å². The van der Waals surface area contributed by atoms with Gasteiger partial charge in [-0.3, -0.25) is 4.79 Å². The van der Waals surface area contributed by atoms with Crippen LogP contribution in [0.2, 0.25) is 0 Å². The number of hydrogen-bond acceptors (Lipinski definition) is 5. The molecule has 0 radical (unpaired) electrons. The number of cyclic esters (lactones) is 1. The van der Waals surface area contributed by atoms with E-state index >= 15 is 0 Å². The molecule has 0 aromatic rings. The molecule has 5 atom stereocenters. The number of carbonyl (C=O) groups excluding carboxylic acids is 2. The van der Waals surface area contributed by atoms with Gasteiger partial charge in [-0.15, -0.1) is 0 Å². The SMILES string of the molecule is CC(=O)O[C@H]1C[C@@H](O)[C@]2(C)C3=C(CCC2[C@]1(C)CCC=C(C)C)COC3=O. The molecular weight excluding hydrogens is 344 g/mol. The zero-order chi connectivity index (χ0) is 20.0. The molecule has 1 fully saturated rings. The lowest BCUT2D eigenvalue weighted by Crippen LogP contribution is -2.61. The zero-order valence-corrected chi connectivity index (χ0v) is 17.1. The number of carbonyl (C=O) groups is 2. The average molecular weight is 376 g/mol. The van der Waals surface area contributed by atoms with Gasteiger partial charge in [-0.25, -0.2) is 4.79 Å². The standard InChI is InChI=1S/C22H32O5/c1-13(2)7-6-10-21(4)16-9-8-15-12-26-20(25)19(15)22(16,5)17(24)11-18(21)27-14(3)23/h7,16-18,24H,6,8-12H2,1-5H3/t16?,17-,18+,21+,22-/m1/s1. The van der Waals surface area contributed by atoms with E-state index in [2.05, 4.69) is 26.8 Å². The quantitative estimate of drug-likeness (QED) is 0.598. The number of hydrogen-bond donors (Lipinski definition) is 1. The molecule has 1 N–H and O–H groups in total. The van der Waals surface area contributed by atoms with Crippen molar-refractivity contribution in [2.45, 2.75) is 78.9 Å². The Morgan fingerprint density at radius 3 is 2.67 bits per heavy atom. The van der Waals surface area contributed by atoms with E-state index in [0.717, 1.165) is 31.3 Å². The first-order valence-corrected chi connectivity index (χ1v) is 9.99. The molecule has 0 saturated heterocycles. The highest BCUT2D eigenvalue weighted by atomic mass is 16.5. The van der Waals surface area contributed by atoms with Gasteiger partial charge in [-0.1, -0.05) is 25.5 Å². The van der Waals surface area contributed by atoms with Gasteiger partial charge in [0.25, 0.3) is 0 Å². The van der Waals surface area contributed by atoms with Crippen LogP contribution in [-0.2, 0) is 19.1 Å². The van der Waals surface area contributed by atoms with Crippen molar-refractivity contribution in [2.24, 2.45) is 16.7 Å². The molecule has 5 heteroatoms. The van der Waals surface area contributed by atoms with Crippen LogP contribution in [0, 0.1) is 16.7 Å². The number of aliphatic hydroxyl groups is 1. The van der Waals surface area contributed by atoms with Gasteiger partial charge in [-0.2, -0.15) is 0 Å². The summed E-state index contributed by atoms with van der Waals surface area (Å²) in [6.45, 7) is 10.1. The number of allylic oxidation sites excluding steroid dienone is 2. The maximum atomic E-state index is 12.5.